The van der Waals surface area contributed by atoms with Gasteiger partial charge in [-0.2, -0.15) is 0 Å². The molecule has 0 aliphatic rings. The first-order valence-electron chi connectivity index (χ1n) is 5.86. The second-order valence-electron chi connectivity index (χ2n) is 4.02. The number of hydrogen-bond donors (Lipinski definition) is 2. The molecule has 1 aromatic carbocycles. The van der Waals surface area contributed by atoms with Crippen molar-refractivity contribution in [1.82, 2.24) is 4.98 Å². The molecular weight excluding hydrogens is 296 g/mol. The zero-order valence-corrected chi connectivity index (χ0v) is 11.7. The van der Waals surface area contributed by atoms with Gasteiger partial charge in [-0.05, 0) is 30.3 Å². The van der Waals surface area contributed by atoms with E-state index in [2.05, 4.69) is 10.3 Å². The molecule has 0 spiro atoms. The number of amides is 1. The van der Waals surface area contributed by atoms with Crippen LogP contribution in [0.15, 0.2) is 36.4 Å². The summed E-state index contributed by atoms with van der Waals surface area (Å²) in [5, 5.41) is 11.8. The van der Waals surface area contributed by atoms with E-state index in [1.54, 1.807) is 12.1 Å². The molecule has 2 aromatic rings. The minimum absolute atomic E-state index is 0.00170. The maximum atomic E-state index is 12.0. The Morgan fingerprint density at radius 3 is 2.57 bits per heavy atom. The summed E-state index contributed by atoms with van der Waals surface area (Å²) >= 11 is 5.96. The van der Waals surface area contributed by atoms with E-state index < -0.39 is 11.9 Å². The van der Waals surface area contributed by atoms with Gasteiger partial charge >= 0.3 is 5.97 Å². The van der Waals surface area contributed by atoms with Gasteiger partial charge in [-0.15, -0.1) is 0 Å². The highest BCUT2D eigenvalue weighted by Gasteiger charge is 2.12. The lowest BCUT2D eigenvalue weighted by Crippen LogP contribution is -2.15. The number of rotatable bonds is 4. The largest absolute Gasteiger partial charge is 0.495 e. The number of hydrogen-bond acceptors (Lipinski definition) is 4. The van der Waals surface area contributed by atoms with E-state index in [1.165, 1.54) is 31.4 Å². The average molecular weight is 307 g/mol. The molecule has 2 N–H and O–H groups in total. The maximum Gasteiger partial charge on any atom is 0.354 e. The molecule has 21 heavy (non-hydrogen) atoms. The molecular formula is C14H11ClN2O4. The summed E-state index contributed by atoms with van der Waals surface area (Å²) in [7, 11) is 1.49. The van der Waals surface area contributed by atoms with Crippen molar-refractivity contribution in [3.05, 3.63) is 52.8 Å². The molecule has 1 amide bonds. The van der Waals surface area contributed by atoms with Gasteiger partial charge in [0.2, 0.25) is 0 Å². The van der Waals surface area contributed by atoms with E-state index in [1.807, 2.05) is 0 Å². The van der Waals surface area contributed by atoms with Crippen LogP contribution < -0.4 is 10.1 Å². The van der Waals surface area contributed by atoms with Gasteiger partial charge in [0.25, 0.3) is 5.91 Å². The SMILES string of the molecule is COc1ccc(NC(=O)c2cccc(C(=O)O)n2)cc1Cl. The summed E-state index contributed by atoms with van der Waals surface area (Å²) in [6.07, 6.45) is 0. The average Bonchev–Trinajstić information content (AvgIpc) is 2.47. The van der Waals surface area contributed by atoms with Gasteiger partial charge in [-0.25, -0.2) is 9.78 Å². The number of carboxylic acids is 1. The number of pyridine rings is 1. The predicted molar refractivity (Wildman–Crippen MR) is 77.2 cm³/mol. The van der Waals surface area contributed by atoms with Crippen LogP contribution in [0.4, 0.5) is 5.69 Å². The number of nitrogens with zero attached hydrogens (tertiary/aromatic N) is 1. The third-order valence-corrected chi connectivity index (χ3v) is 2.91. The fourth-order valence-electron chi connectivity index (χ4n) is 1.62. The van der Waals surface area contributed by atoms with E-state index in [0.717, 1.165) is 0 Å². The highest BCUT2D eigenvalue weighted by molar-refractivity contribution is 6.32. The molecule has 0 aliphatic carbocycles. The molecule has 108 valence electrons. The molecule has 7 heteroatoms. The third kappa shape index (κ3) is 3.49. The Kier molecular flexibility index (Phi) is 4.39. The van der Waals surface area contributed by atoms with Crippen molar-refractivity contribution in [2.45, 2.75) is 0 Å². The molecule has 1 heterocycles. The molecule has 0 aliphatic heterocycles. The summed E-state index contributed by atoms with van der Waals surface area (Å²) < 4.78 is 5.01. The molecule has 2 rings (SSSR count). The Bertz CT molecular complexity index is 703. The summed E-state index contributed by atoms with van der Waals surface area (Å²) in [6, 6.07) is 8.94. The summed E-state index contributed by atoms with van der Waals surface area (Å²) in [5.41, 5.74) is 0.255. The molecule has 6 nitrogen and oxygen atoms in total. The smallest absolute Gasteiger partial charge is 0.354 e. The first-order valence-corrected chi connectivity index (χ1v) is 6.24. The first kappa shape index (κ1) is 14.8. The van der Waals surface area contributed by atoms with Crippen LogP contribution in [0.5, 0.6) is 5.75 Å². The number of benzene rings is 1. The molecule has 0 bridgehead atoms. The molecule has 0 fully saturated rings. The van der Waals surface area contributed by atoms with Crippen LogP contribution in [-0.2, 0) is 0 Å². The van der Waals surface area contributed by atoms with Crippen LogP contribution in [0.1, 0.15) is 21.0 Å². The van der Waals surface area contributed by atoms with Crippen molar-refractivity contribution < 1.29 is 19.4 Å². The number of anilines is 1. The van der Waals surface area contributed by atoms with E-state index in [0.29, 0.717) is 16.5 Å². The molecule has 0 saturated heterocycles. The Morgan fingerprint density at radius 2 is 1.95 bits per heavy atom. The number of carbonyl (C=O) groups is 2. The minimum Gasteiger partial charge on any atom is -0.495 e. The highest BCUT2D eigenvalue weighted by Crippen LogP contribution is 2.27. The number of methoxy groups -OCH3 is 1. The lowest BCUT2D eigenvalue weighted by Gasteiger charge is -2.08. The van der Waals surface area contributed by atoms with Crippen LogP contribution >= 0.6 is 11.6 Å². The number of nitrogens with one attached hydrogen (secondary N) is 1. The number of carboxylic acid groups (broad SMARTS) is 1. The van der Waals surface area contributed by atoms with E-state index >= 15 is 0 Å². The van der Waals surface area contributed by atoms with Crippen LogP contribution in [-0.4, -0.2) is 29.1 Å². The fraction of sp³-hybridized carbons (Fsp3) is 0.0714. The van der Waals surface area contributed by atoms with Crippen molar-refractivity contribution in [3.8, 4) is 5.75 Å². The van der Waals surface area contributed by atoms with Crippen molar-refractivity contribution in [1.29, 1.82) is 0 Å². The van der Waals surface area contributed by atoms with Gasteiger partial charge in [-0.3, -0.25) is 4.79 Å². The third-order valence-electron chi connectivity index (χ3n) is 2.61. The monoisotopic (exact) mass is 306 g/mol. The van der Waals surface area contributed by atoms with Crippen molar-refractivity contribution >= 4 is 29.2 Å². The Morgan fingerprint density at radius 1 is 1.24 bits per heavy atom. The van der Waals surface area contributed by atoms with Crippen LogP contribution in [0.3, 0.4) is 0 Å². The standard InChI is InChI=1S/C14H11ClN2O4/c1-21-12-6-5-8(7-9(12)15)16-13(18)10-3-2-4-11(17-10)14(19)20/h2-7H,1H3,(H,16,18)(H,19,20). The van der Waals surface area contributed by atoms with Gasteiger partial charge in [-0.1, -0.05) is 17.7 Å². The van der Waals surface area contributed by atoms with Gasteiger partial charge in [0.1, 0.15) is 17.1 Å². The molecule has 0 atom stereocenters. The van der Waals surface area contributed by atoms with Crippen molar-refractivity contribution in [2.24, 2.45) is 0 Å². The van der Waals surface area contributed by atoms with Crippen LogP contribution in [0.25, 0.3) is 0 Å². The number of aromatic nitrogens is 1. The zero-order chi connectivity index (χ0) is 15.4. The number of ether oxygens (including phenoxy) is 1. The van der Waals surface area contributed by atoms with E-state index in [9.17, 15) is 9.59 Å². The van der Waals surface area contributed by atoms with Crippen LogP contribution in [0, 0.1) is 0 Å². The number of aromatic carboxylic acids is 1. The molecule has 0 saturated carbocycles. The molecule has 0 radical (unpaired) electrons. The maximum absolute atomic E-state index is 12.0. The van der Waals surface area contributed by atoms with Gasteiger partial charge in [0.15, 0.2) is 0 Å². The Labute approximate surface area is 125 Å². The normalized spacial score (nSPS) is 10.0. The lowest BCUT2D eigenvalue weighted by atomic mass is 10.2. The van der Waals surface area contributed by atoms with E-state index in [4.69, 9.17) is 21.4 Å². The van der Waals surface area contributed by atoms with Gasteiger partial charge in [0, 0.05) is 5.69 Å². The fourth-order valence-corrected chi connectivity index (χ4v) is 1.88. The highest BCUT2D eigenvalue weighted by atomic mass is 35.5. The molecule has 0 unspecified atom stereocenters. The molecule has 1 aromatic heterocycles. The predicted octanol–water partition coefficient (Wildman–Crippen LogP) is 2.69. The van der Waals surface area contributed by atoms with Crippen molar-refractivity contribution in [3.63, 3.8) is 0 Å². The van der Waals surface area contributed by atoms with Crippen molar-refractivity contribution in [2.75, 3.05) is 12.4 Å². The Hall–Kier alpha value is -2.60. The zero-order valence-electron chi connectivity index (χ0n) is 11.0. The topological polar surface area (TPSA) is 88.5 Å². The summed E-state index contributed by atoms with van der Waals surface area (Å²) in [5.74, 6) is -1.24. The van der Waals surface area contributed by atoms with Gasteiger partial charge in [0.05, 0.1) is 12.1 Å². The second kappa shape index (κ2) is 6.23. The lowest BCUT2D eigenvalue weighted by molar-refractivity contribution is 0.0690. The van der Waals surface area contributed by atoms with Gasteiger partial charge < -0.3 is 15.2 Å². The minimum atomic E-state index is -1.20. The Balaban J connectivity index is 2.20. The number of halogens is 1. The second-order valence-corrected chi connectivity index (χ2v) is 4.42. The van der Waals surface area contributed by atoms with Crippen LogP contribution in [0.2, 0.25) is 5.02 Å². The number of carbonyl (C=O) groups excluding carboxylic acids is 1. The summed E-state index contributed by atoms with van der Waals surface area (Å²) in [4.78, 5) is 26.6. The first-order chi connectivity index (χ1) is 10.0. The van der Waals surface area contributed by atoms with E-state index in [-0.39, 0.29) is 11.4 Å². The quantitative estimate of drug-likeness (QED) is 0.906. The summed E-state index contributed by atoms with van der Waals surface area (Å²) in [6.45, 7) is 0.